The maximum Gasteiger partial charge on any atom is 0.264 e. The molecule has 12 heteroatoms. The van der Waals surface area contributed by atoms with E-state index in [-0.39, 0.29) is 54.3 Å². The maximum atomic E-state index is 14.1. The Labute approximate surface area is 263 Å². The van der Waals surface area contributed by atoms with E-state index in [0.717, 1.165) is 5.56 Å². The lowest BCUT2D eigenvalue weighted by Gasteiger charge is -2.24. The Kier molecular flexibility index (Phi) is 12.9. The average Bonchev–Trinajstić information content (AvgIpc) is 3.00. The van der Waals surface area contributed by atoms with Crippen LogP contribution < -0.4 is 10.0 Å². The minimum Gasteiger partial charge on any atom is -0.384 e. The third-order valence-corrected chi connectivity index (χ3v) is 8.79. The molecule has 2 unspecified atom stereocenters. The summed E-state index contributed by atoms with van der Waals surface area (Å²) >= 11 is 4.28. The van der Waals surface area contributed by atoms with Gasteiger partial charge in [-0.3, -0.25) is 14.4 Å². The number of carbonyl (C=O) groups is 3. The molecule has 0 saturated heterocycles. The number of nitrogens with one attached hydrogen (secondary N) is 2. The van der Waals surface area contributed by atoms with Crippen LogP contribution in [0.2, 0.25) is 0 Å². The van der Waals surface area contributed by atoms with Crippen LogP contribution in [0.5, 0.6) is 0 Å². The minimum absolute atomic E-state index is 0.0757. The number of nitrogens with zero attached hydrogens (tertiary/aromatic N) is 1. The lowest BCUT2D eigenvalue weighted by molar-refractivity contribution is -0.132. The van der Waals surface area contributed by atoms with E-state index in [9.17, 15) is 32.3 Å². The summed E-state index contributed by atoms with van der Waals surface area (Å²) in [6.07, 6.45) is -0.292. The quantitative estimate of drug-likeness (QED) is 0.187. The molecular weight excluding hydrogens is 605 g/mol. The third kappa shape index (κ3) is 9.63. The van der Waals surface area contributed by atoms with Gasteiger partial charge in [0.25, 0.3) is 15.9 Å². The van der Waals surface area contributed by atoms with Gasteiger partial charge in [0, 0.05) is 37.4 Å². The van der Waals surface area contributed by atoms with Gasteiger partial charge in [-0.15, -0.1) is 0 Å². The molecule has 0 aliphatic heterocycles. The number of sulfonamides is 1. The van der Waals surface area contributed by atoms with Crippen LogP contribution >= 0.6 is 12.6 Å². The van der Waals surface area contributed by atoms with Crippen molar-refractivity contribution in [2.45, 2.75) is 50.7 Å². The van der Waals surface area contributed by atoms with Gasteiger partial charge in [-0.2, -0.15) is 12.6 Å². The van der Waals surface area contributed by atoms with Gasteiger partial charge >= 0.3 is 0 Å². The summed E-state index contributed by atoms with van der Waals surface area (Å²) in [7, 11) is -4.25. The molecule has 0 aromatic heterocycles. The van der Waals surface area contributed by atoms with Crippen molar-refractivity contribution in [1.29, 1.82) is 0 Å². The van der Waals surface area contributed by atoms with E-state index in [1.165, 1.54) is 25.1 Å². The normalized spacial score (nSPS) is 12.7. The smallest absolute Gasteiger partial charge is 0.264 e. The van der Waals surface area contributed by atoms with Crippen LogP contribution in [0.15, 0.2) is 77.7 Å². The number of rotatable bonds is 15. The van der Waals surface area contributed by atoms with E-state index in [1.807, 2.05) is 11.6 Å². The number of halogens is 1. The zero-order valence-electron chi connectivity index (χ0n) is 24.7. The van der Waals surface area contributed by atoms with Crippen LogP contribution in [0.25, 0.3) is 11.1 Å². The van der Waals surface area contributed by atoms with Crippen molar-refractivity contribution in [2.75, 3.05) is 18.8 Å². The van der Waals surface area contributed by atoms with Crippen LogP contribution in [-0.4, -0.2) is 61.1 Å². The first-order chi connectivity index (χ1) is 21.0. The minimum atomic E-state index is -4.25. The highest BCUT2D eigenvalue weighted by Crippen LogP contribution is 2.28. The third-order valence-electron chi connectivity index (χ3n) is 6.94. The van der Waals surface area contributed by atoms with E-state index >= 15 is 0 Å². The van der Waals surface area contributed by atoms with Gasteiger partial charge in [-0.1, -0.05) is 67.6 Å². The van der Waals surface area contributed by atoms with Gasteiger partial charge in [0.15, 0.2) is 0 Å². The Morgan fingerprint density at radius 2 is 1.64 bits per heavy atom. The summed E-state index contributed by atoms with van der Waals surface area (Å²) in [4.78, 5) is 39.1. The molecule has 0 aliphatic carbocycles. The number of benzene rings is 3. The first kappa shape index (κ1) is 34.7. The molecule has 0 fully saturated rings. The first-order valence-corrected chi connectivity index (χ1v) is 16.4. The number of aliphatic hydroxyl groups excluding tert-OH is 1. The molecule has 3 N–H and O–H groups in total. The van der Waals surface area contributed by atoms with Gasteiger partial charge in [0.2, 0.25) is 11.8 Å². The van der Waals surface area contributed by atoms with Gasteiger partial charge in [0.05, 0.1) is 10.8 Å². The van der Waals surface area contributed by atoms with E-state index in [2.05, 4.69) is 17.9 Å². The SMILES string of the molecule is CCCC(=O)N(CCNC(=O)C(CS)Cc1ccccc1F)Cc1ccc(-c2ccccc2S(=O)(=O)NC(=O)C(C)O)cc1. The fourth-order valence-electron chi connectivity index (χ4n) is 4.51. The van der Waals surface area contributed by atoms with Crippen molar-refractivity contribution < 1.29 is 32.3 Å². The van der Waals surface area contributed by atoms with E-state index in [0.29, 0.717) is 29.5 Å². The number of amides is 3. The Morgan fingerprint density at radius 3 is 2.27 bits per heavy atom. The van der Waals surface area contributed by atoms with E-state index in [1.54, 1.807) is 59.5 Å². The molecule has 0 aliphatic rings. The molecule has 236 valence electrons. The zero-order chi connectivity index (χ0) is 32.3. The van der Waals surface area contributed by atoms with E-state index in [4.69, 9.17) is 0 Å². The molecule has 3 amide bonds. The molecule has 3 aromatic carbocycles. The van der Waals surface area contributed by atoms with E-state index < -0.39 is 28.0 Å². The number of carbonyl (C=O) groups excluding carboxylic acids is 3. The fraction of sp³-hybridized carbons (Fsp3) is 0.344. The summed E-state index contributed by atoms with van der Waals surface area (Å²) in [5.74, 6) is -2.05. The van der Waals surface area contributed by atoms with Gasteiger partial charge in [-0.05, 0) is 48.6 Å². The lowest BCUT2D eigenvalue weighted by atomic mass is 10.00. The molecule has 44 heavy (non-hydrogen) atoms. The molecular formula is C32H38FN3O6S2. The molecule has 3 aromatic rings. The molecule has 3 rings (SSSR count). The molecule has 0 radical (unpaired) electrons. The second-order valence-electron chi connectivity index (χ2n) is 10.4. The maximum absolute atomic E-state index is 14.1. The van der Waals surface area contributed by atoms with Crippen LogP contribution in [0.3, 0.4) is 0 Å². The second kappa shape index (κ2) is 16.4. The fourth-order valence-corrected chi connectivity index (χ4v) is 6.09. The molecule has 0 heterocycles. The predicted octanol–water partition coefficient (Wildman–Crippen LogP) is 3.71. The summed E-state index contributed by atoms with van der Waals surface area (Å²) < 4.78 is 41.7. The number of aliphatic hydroxyl groups is 1. The zero-order valence-corrected chi connectivity index (χ0v) is 26.4. The monoisotopic (exact) mass is 643 g/mol. The topological polar surface area (TPSA) is 133 Å². The number of thiol groups is 1. The predicted molar refractivity (Wildman–Crippen MR) is 170 cm³/mol. The van der Waals surface area contributed by atoms with Crippen molar-refractivity contribution in [3.63, 3.8) is 0 Å². The standard InChI is InChI=1S/C32H38FN3O6S2/c1-3-8-30(38)36(18-17-34-32(40)26(21-43)19-25-9-4-6-11-28(25)33)20-23-13-15-24(16-14-23)27-10-5-7-12-29(27)44(41,42)35-31(39)22(2)37/h4-7,9-16,22,26,37,43H,3,8,17-21H2,1-2H3,(H,34,40)(H,35,39). The summed E-state index contributed by atoms with van der Waals surface area (Å²) in [5, 5.41) is 12.3. The first-order valence-electron chi connectivity index (χ1n) is 14.3. The summed E-state index contributed by atoms with van der Waals surface area (Å²) in [6.45, 7) is 3.81. The largest absolute Gasteiger partial charge is 0.384 e. The molecule has 9 nitrogen and oxygen atoms in total. The summed E-state index contributed by atoms with van der Waals surface area (Å²) in [6, 6.07) is 19.5. The Balaban J connectivity index is 1.70. The van der Waals surface area contributed by atoms with Crippen LogP contribution in [-0.2, 0) is 37.4 Å². The molecule has 2 atom stereocenters. The lowest BCUT2D eigenvalue weighted by Crippen LogP contribution is -2.40. The Hall–Kier alpha value is -3.74. The van der Waals surface area contributed by atoms with Crippen LogP contribution in [0.4, 0.5) is 4.39 Å². The van der Waals surface area contributed by atoms with Crippen molar-refractivity contribution in [1.82, 2.24) is 14.9 Å². The van der Waals surface area contributed by atoms with Gasteiger partial charge in [-0.25, -0.2) is 17.5 Å². The molecule has 0 saturated carbocycles. The average molecular weight is 644 g/mol. The van der Waals surface area contributed by atoms with Crippen molar-refractivity contribution in [3.8, 4) is 11.1 Å². The van der Waals surface area contributed by atoms with Gasteiger partial charge in [0.1, 0.15) is 11.9 Å². The van der Waals surface area contributed by atoms with Crippen molar-refractivity contribution >= 4 is 40.4 Å². The highest BCUT2D eigenvalue weighted by molar-refractivity contribution is 7.90. The number of hydrogen-bond acceptors (Lipinski definition) is 7. The molecule has 0 bridgehead atoms. The molecule has 0 spiro atoms. The van der Waals surface area contributed by atoms with Crippen molar-refractivity contribution in [3.05, 3.63) is 89.7 Å². The van der Waals surface area contributed by atoms with Crippen LogP contribution in [0, 0.1) is 11.7 Å². The Bertz CT molecular complexity index is 1550. The number of hydrogen-bond donors (Lipinski definition) is 4. The second-order valence-corrected chi connectivity index (χ2v) is 12.4. The Morgan fingerprint density at radius 1 is 0.977 bits per heavy atom. The van der Waals surface area contributed by atoms with Crippen LogP contribution in [0.1, 0.15) is 37.8 Å². The van der Waals surface area contributed by atoms with Gasteiger partial charge < -0.3 is 15.3 Å². The highest BCUT2D eigenvalue weighted by Gasteiger charge is 2.24. The van der Waals surface area contributed by atoms with Crippen molar-refractivity contribution in [2.24, 2.45) is 5.92 Å². The highest BCUT2D eigenvalue weighted by atomic mass is 32.2. The summed E-state index contributed by atoms with van der Waals surface area (Å²) in [5.41, 5.74) is 2.17.